The molecule has 0 aliphatic rings. The van der Waals surface area contributed by atoms with Crippen molar-refractivity contribution in [1.29, 1.82) is 0 Å². The average Bonchev–Trinajstić information content (AvgIpc) is 3.42. The predicted molar refractivity (Wildman–Crippen MR) is 125 cm³/mol. The maximum absolute atomic E-state index is 12.1. The van der Waals surface area contributed by atoms with Crippen LogP contribution in [-0.4, -0.2) is 38.5 Å². The molecule has 0 aliphatic carbocycles. The molecule has 160 valence electrons. The Bertz CT molecular complexity index is 1120. The number of amides is 1. The molecule has 4 aromatic rings. The van der Waals surface area contributed by atoms with Crippen LogP contribution in [0.5, 0.6) is 0 Å². The minimum Gasteiger partial charge on any atom is -0.369 e. The number of anilines is 1. The number of nitrogens with zero attached hydrogens (tertiary/aromatic N) is 4. The Kier molecular flexibility index (Phi) is 6.89. The topological polar surface area (TPSA) is 84.7 Å². The Morgan fingerprint density at radius 1 is 1.13 bits per heavy atom. The molecule has 31 heavy (non-hydrogen) atoms. The molecule has 3 heterocycles. The number of nitrogens with one attached hydrogen (secondary N) is 2. The number of aryl methyl sites for hydroxylation is 2. The highest BCUT2D eigenvalue weighted by molar-refractivity contribution is 7.19. The van der Waals surface area contributed by atoms with E-state index in [1.807, 2.05) is 29.0 Å². The van der Waals surface area contributed by atoms with E-state index in [1.54, 1.807) is 30.2 Å². The lowest BCUT2D eigenvalue weighted by Crippen LogP contribution is -2.25. The largest absolute Gasteiger partial charge is 0.369 e. The van der Waals surface area contributed by atoms with Crippen molar-refractivity contribution in [3.8, 4) is 11.1 Å². The van der Waals surface area contributed by atoms with Crippen molar-refractivity contribution in [3.63, 3.8) is 0 Å². The summed E-state index contributed by atoms with van der Waals surface area (Å²) >= 11 is 1.68. The summed E-state index contributed by atoms with van der Waals surface area (Å²) in [6, 6.07) is 10.3. The van der Waals surface area contributed by atoms with E-state index in [9.17, 15) is 4.79 Å². The van der Waals surface area contributed by atoms with Crippen LogP contribution in [-0.2, 0) is 11.3 Å². The summed E-state index contributed by atoms with van der Waals surface area (Å²) in [5.41, 5.74) is 2.35. The lowest BCUT2D eigenvalue weighted by molar-refractivity contribution is -0.121. The molecule has 0 bridgehead atoms. The van der Waals surface area contributed by atoms with Crippen molar-refractivity contribution in [3.05, 3.63) is 60.3 Å². The molecule has 0 fully saturated rings. The summed E-state index contributed by atoms with van der Waals surface area (Å²) in [7, 11) is 0. The molecule has 0 atom stereocenters. The number of fused-ring (bicyclic) bond motifs is 1. The van der Waals surface area contributed by atoms with Gasteiger partial charge in [0.25, 0.3) is 0 Å². The molecule has 0 saturated heterocycles. The molecule has 3 aromatic heterocycles. The molecule has 4 rings (SSSR count). The van der Waals surface area contributed by atoms with Crippen molar-refractivity contribution in [2.75, 3.05) is 18.4 Å². The summed E-state index contributed by atoms with van der Waals surface area (Å²) in [6.45, 7) is 4.33. The van der Waals surface area contributed by atoms with Crippen LogP contribution in [0.2, 0.25) is 0 Å². The first-order valence-electron chi connectivity index (χ1n) is 10.5. The van der Waals surface area contributed by atoms with E-state index in [-0.39, 0.29) is 5.91 Å². The highest BCUT2D eigenvalue weighted by Crippen LogP contribution is 2.40. The van der Waals surface area contributed by atoms with Gasteiger partial charge in [0, 0.05) is 48.9 Å². The number of rotatable bonds is 10. The van der Waals surface area contributed by atoms with Gasteiger partial charge in [0.05, 0.1) is 11.7 Å². The van der Waals surface area contributed by atoms with Crippen LogP contribution in [0.3, 0.4) is 0 Å². The van der Waals surface area contributed by atoms with Gasteiger partial charge in [-0.2, -0.15) is 0 Å². The number of carbonyl (C=O) groups is 1. The molecule has 0 saturated carbocycles. The Morgan fingerprint density at radius 3 is 2.81 bits per heavy atom. The Hall–Kier alpha value is -3.26. The van der Waals surface area contributed by atoms with E-state index in [1.165, 1.54) is 16.0 Å². The summed E-state index contributed by atoms with van der Waals surface area (Å²) in [5.74, 6) is 0.908. The minimum absolute atomic E-state index is 0.0802. The van der Waals surface area contributed by atoms with Gasteiger partial charge in [-0.15, -0.1) is 11.3 Å². The van der Waals surface area contributed by atoms with Gasteiger partial charge in [-0.3, -0.25) is 4.79 Å². The van der Waals surface area contributed by atoms with E-state index < -0.39 is 0 Å². The molecule has 0 radical (unpaired) electrons. The molecule has 0 aliphatic heterocycles. The number of benzene rings is 1. The highest BCUT2D eigenvalue weighted by Gasteiger charge is 2.16. The second-order valence-electron chi connectivity index (χ2n) is 7.34. The third kappa shape index (κ3) is 5.27. The van der Waals surface area contributed by atoms with Crippen LogP contribution in [0.15, 0.2) is 55.4 Å². The second kappa shape index (κ2) is 10.2. The van der Waals surface area contributed by atoms with E-state index >= 15 is 0 Å². The van der Waals surface area contributed by atoms with E-state index in [4.69, 9.17) is 0 Å². The van der Waals surface area contributed by atoms with Crippen LogP contribution < -0.4 is 10.6 Å². The fourth-order valence-electron chi connectivity index (χ4n) is 3.58. The van der Waals surface area contributed by atoms with Crippen molar-refractivity contribution in [2.45, 2.75) is 32.7 Å². The summed E-state index contributed by atoms with van der Waals surface area (Å²) in [4.78, 5) is 27.2. The zero-order valence-electron chi connectivity index (χ0n) is 17.5. The molecule has 8 heteroatoms. The maximum atomic E-state index is 12.1. The van der Waals surface area contributed by atoms with Crippen LogP contribution in [0.1, 0.15) is 24.1 Å². The van der Waals surface area contributed by atoms with E-state index in [2.05, 4.69) is 44.6 Å². The van der Waals surface area contributed by atoms with Gasteiger partial charge < -0.3 is 15.2 Å². The summed E-state index contributed by atoms with van der Waals surface area (Å²) in [5, 5.41) is 7.46. The monoisotopic (exact) mass is 434 g/mol. The van der Waals surface area contributed by atoms with E-state index in [0.717, 1.165) is 35.4 Å². The lowest BCUT2D eigenvalue weighted by atomic mass is 10.0. The van der Waals surface area contributed by atoms with Crippen LogP contribution in [0.25, 0.3) is 21.3 Å². The molecular formula is C23H26N6OS. The number of carbonyl (C=O) groups excluding carboxylic acids is 1. The quantitative estimate of drug-likeness (QED) is 0.364. The first-order valence-corrected chi connectivity index (χ1v) is 11.3. The zero-order chi connectivity index (χ0) is 21.5. The first kappa shape index (κ1) is 21.0. The normalized spacial score (nSPS) is 11.0. The highest BCUT2D eigenvalue weighted by atomic mass is 32.1. The molecule has 1 aromatic carbocycles. The second-order valence-corrected chi connectivity index (χ2v) is 8.54. The van der Waals surface area contributed by atoms with Crippen molar-refractivity contribution in [2.24, 2.45) is 0 Å². The molecular weight excluding hydrogens is 408 g/mol. The zero-order valence-corrected chi connectivity index (χ0v) is 18.4. The van der Waals surface area contributed by atoms with Gasteiger partial charge in [0.15, 0.2) is 0 Å². The molecule has 0 spiro atoms. The fourth-order valence-corrected chi connectivity index (χ4v) is 4.60. The molecule has 1 amide bonds. The van der Waals surface area contributed by atoms with Crippen molar-refractivity contribution < 1.29 is 4.79 Å². The van der Waals surface area contributed by atoms with Crippen LogP contribution in [0, 0.1) is 6.92 Å². The van der Waals surface area contributed by atoms with Crippen LogP contribution >= 0.6 is 11.3 Å². The Labute approximate surface area is 185 Å². The Balaban J connectivity index is 1.30. The standard InChI is InChI=1S/C23H26N6OS/c1-17-20(18-7-3-2-4-8-18)21-22(27-15-28-23(21)31-17)26-10-5-9-19(30)25-11-6-13-29-14-12-24-16-29/h2-4,7-8,12,14-16H,5-6,9-11,13H2,1H3,(H,25,30)(H,26,27,28). The van der Waals surface area contributed by atoms with Gasteiger partial charge in [-0.1, -0.05) is 30.3 Å². The number of thiophene rings is 1. The molecule has 0 unspecified atom stereocenters. The predicted octanol–water partition coefficient (Wildman–Crippen LogP) is 4.26. The molecule has 2 N–H and O–H groups in total. The number of hydrogen-bond acceptors (Lipinski definition) is 6. The van der Waals surface area contributed by atoms with Gasteiger partial charge in [0.1, 0.15) is 17.0 Å². The SMILES string of the molecule is Cc1sc2ncnc(NCCCC(=O)NCCCn3ccnc3)c2c1-c1ccccc1. The third-order valence-electron chi connectivity index (χ3n) is 5.07. The van der Waals surface area contributed by atoms with E-state index in [0.29, 0.717) is 19.5 Å². The summed E-state index contributed by atoms with van der Waals surface area (Å²) in [6.07, 6.45) is 9.19. The molecule has 7 nitrogen and oxygen atoms in total. The van der Waals surface area contributed by atoms with Crippen LogP contribution in [0.4, 0.5) is 5.82 Å². The number of imidazole rings is 1. The fraction of sp³-hybridized carbons (Fsp3) is 0.304. The van der Waals surface area contributed by atoms with Gasteiger partial charge in [0.2, 0.25) is 5.91 Å². The maximum Gasteiger partial charge on any atom is 0.220 e. The van der Waals surface area contributed by atoms with Gasteiger partial charge in [-0.05, 0) is 25.3 Å². The van der Waals surface area contributed by atoms with Gasteiger partial charge >= 0.3 is 0 Å². The smallest absolute Gasteiger partial charge is 0.220 e. The average molecular weight is 435 g/mol. The van der Waals surface area contributed by atoms with Crippen molar-refractivity contribution in [1.82, 2.24) is 24.8 Å². The van der Waals surface area contributed by atoms with Gasteiger partial charge in [-0.25, -0.2) is 15.0 Å². The third-order valence-corrected chi connectivity index (χ3v) is 6.09. The number of hydrogen-bond donors (Lipinski definition) is 2. The van der Waals surface area contributed by atoms with Crippen molar-refractivity contribution >= 4 is 33.3 Å². The lowest BCUT2D eigenvalue weighted by Gasteiger charge is -2.09. The Morgan fingerprint density at radius 2 is 2.00 bits per heavy atom. The summed E-state index contributed by atoms with van der Waals surface area (Å²) < 4.78 is 2.01. The first-order chi connectivity index (χ1) is 15.2. The minimum atomic E-state index is 0.0802. The number of aromatic nitrogens is 4.